The Morgan fingerprint density at radius 2 is 2.00 bits per heavy atom. The number of hydrogen-bond donors (Lipinski definition) is 1. The van der Waals surface area contributed by atoms with Crippen molar-refractivity contribution in [1.29, 1.82) is 0 Å². The number of carbonyl (C=O) groups excluding carboxylic acids is 3. The van der Waals surface area contributed by atoms with Crippen LogP contribution >= 0.6 is 15.9 Å². The van der Waals surface area contributed by atoms with Gasteiger partial charge in [0.1, 0.15) is 0 Å². The molecular formula is C18H23BrN2O4. The number of rotatable bonds is 8. The molecule has 25 heavy (non-hydrogen) atoms. The summed E-state index contributed by atoms with van der Waals surface area (Å²) in [5.41, 5.74) is 1.93. The van der Waals surface area contributed by atoms with Gasteiger partial charge < -0.3 is 15.0 Å². The van der Waals surface area contributed by atoms with Gasteiger partial charge in [-0.25, -0.2) is 4.79 Å². The van der Waals surface area contributed by atoms with Crippen LogP contribution in [0.3, 0.4) is 0 Å². The van der Waals surface area contributed by atoms with Gasteiger partial charge >= 0.3 is 5.97 Å². The molecule has 0 radical (unpaired) electrons. The number of carbonyl (C=O) groups is 3. The van der Waals surface area contributed by atoms with E-state index in [0.29, 0.717) is 13.1 Å². The normalized spacial score (nSPS) is 10.6. The highest BCUT2D eigenvalue weighted by Gasteiger charge is 2.16. The van der Waals surface area contributed by atoms with Crippen molar-refractivity contribution in [3.63, 3.8) is 0 Å². The zero-order valence-electron chi connectivity index (χ0n) is 14.7. The molecule has 1 aromatic rings. The number of nitrogens with one attached hydrogen (secondary N) is 1. The molecule has 0 unspecified atom stereocenters. The fraction of sp³-hybridized carbons (Fsp3) is 0.389. The molecule has 0 saturated heterocycles. The topological polar surface area (TPSA) is 75.7 Å². The van der Waals surface area contributed by atoms with Crippen molar-refractivity contribution >= 4 is 39.8 Å². The van der Waals surface area contributed by atoms with E-state index in [1.54, 1.807) is 19.9 Å². The molecule has 2 amide bonds. The smallest absolute Gasteiger partial charge is 0.331 e. The van der Waals surface area contributed by atoms with E-state index in [0.717, 1.165) is 15.6 Å². The van der Waals surface area contributed by atoms with Crippen LogP contribution in [0.2, 0.25) is 0 Å². The minimum absolute atomic E-state index is 0.0487. The van der Waals surface area contributed by atoms with Gasteiger partial charge in [0.15, 0.2) is 6.61 Å². The molecule has 6 nitrogen and oxygen atoms in total. The fourth-order valence-electron chi connectivity index (χ4n) is 2.00. The van der Waals surface area contributed by atoms with Crippen molar-refractivity contribution in [3.05, 3.63) is 39.9 Å². The number of halogens is 1. The maximum Gasteiger partial charge on any atom is 0.331 e. The Kier molecular flexibility index (Phi) is 8.91. The lowest BCUT2D eigenvalue weighted by Gasteiger charge is -2.19. The molecule has 1 aromatic carbocycles. The summed E-state index contributed by atoms with van der Waals surface area (Å²) >= 11 is 3.42. The highest BCUT2D eigenvalue weighted by molar-refractivity contribution is 9.10. The first-order valence-electron chi connectivity index (χ1n) is 8.02. The first-order valence-corrected chi connectivity index (χ1v) is 8.82. The molecule has 0 aromatic heterocycles. The van der Waals surface area contributed by atoms with E-state index in [1.165, 1.54) is 11.0 Å². The number of likely N-dealkylation sites (N-methyl/N-ethyl adjacent to an activating group) is 2. The van der Waals surface area contributed by atoms with E-state index in [2.05, 4.69) is 21.2 Å². The van der Waals surface area contributed by atoms with Gasteiger partial charge in [-0.2, -0.15) is 0 Å². The number of ether oxygens (including phenoxy) is 1. The van der Waals surface area contributed by atoms with Crippen LogP contribution in [-0.4, -0.2) is 48.9 Å². The van der Waals surface area contributed by atoms with Gasteiger partial charge in [-0.15, -0.1) is 0 Å². The molecule has 0 heterocycles. The molecule has 0 aliphatic heterocycles. The lowest BCUT2D eigenvalue weighted by molar-refractivity contribution is -0.148. The van der Waals surface area contributed by atoms with Crippen LogP contribution in [0.1, 0.15) is 25.0 Å². The molecule has 0 spiro atoms. The van der Waals surface area contributed by atoms with Crippen molar-refractivity contribution in [2.45, 2.75) is 20.8 Å². The second kappa shape index (κ2) is 10.7. The Bertz CT molecular complexity index is 658. The third kappa shape index (κ3) is 7.51. The van der Waals surface area contributed by atoms with Crippen LogP contribution in [0, 0.1) is 6.92 Å². The van der Waals surface area contributed by atoms with Crippen LogP contribution in [0.25, 0.3) is 6.08 Å². The number of hydrogen-bond acceptors (Lipinski definition) is 4. The molecule has 1 rings (SSSR count). The van der Waals surface area contributed by atoms with Gasteiger partial charge in [0.05, 0.1) is 6.54 Å². The van der Waals surface area contributed by atoms with E-state index >= 15 is 0 Å². The van der Waals surface area contributed by atoms with Crippen LogP contribution in [-0.2, 0) is 19.1 Å². The first kappa shape index (κ1) is 20.9. The summed E-state index contributed by atoms with van der Waals surface area (Å²) in [4.78, 5) is 36.7. The first-order chi connectivity index (χ1) is 11.9. The van der Waals surface area contributed by atoms with E-state index < -0.39 is 18.5 Å². The van der Waals surface area contributed by atoms with Crippen LogP contribution in [0.5, 0.6) is 0 Å². The molecule has 0 atom stereocenters. The minimum atomic E-state index is -0.616. The summed E-state index contributed by atoms with van der Waals surface area (Å²) < 4.78 is 5.82. The Labute approximate surface area is 156 Å². The lowest BCUT2D eigenvalue weighted by atomic mass is 10.1. The van der Waals surface area contributed by atoms with Crippen molar-refractivity contribution < 1.29 is 19.1 Å². The molecule has 7 heteroatoms. The highest BCUT2D eigenvalue weighted by Crippen LogP contribution is 2.19. The molecule has 0 fully saturated rings. The van der Waals surface area contributed by atoms with Crippen LogP contribution < -0.4 is 5.32 Å². The summed E-state index contributed by atoms with van der Waals surface area (Å²) in [5, 5.41) is 2.62. The van der Waals surface area contributed by atoms with Gasteiger partial charge in [0, 0.05) is 23.6 Å². The van der Waals surface area contributed by atoms with Gasteiger partial charge in [-0.3, -0.25) is 9.59 Å². The Hall–Kier alpha value is -2.15. The maximum absolute atomic E-state index is 12.0. The maximum atomic E-state index is 12.0. The number of esters is 1. The van der Waals surface area contributed by atoms with Crippen molar-refractivity contribution in [1.82, 2.24) is 10.2 Å². The zero-order chi connectivity index (χ0) is 18.8. The summed E-state index contributed by atoms with van der Waals surface area (Å²) in [7, 11) is 0. The van der Waals surface area contributed by atoms with E-state index in [4.69, 9.17) is 4.74 Å². The quantitative estimate of drug-likeness (QED) is 0.526. The molecular weight excluding hydrogens is 388 g/mol. The molecule has 136 valence electrons. The van der Waals surface area contributed by atoms with Crippen LogP contribution in [0.15, 0.2) is 28.7 Å². The Morgan fingerprint density at radius 3 is 2.60 bits per heavy atom. The predicted molar refractivity (Wildman–Crippen MR) is 99.8 cm³/mol. The summed E-state index contributed by atoms with van der Waals surface area (Å²) in [6.07, 6.45) is 2.88. The number of nitrogens with zero attached hydrogens (tertiary/aromatic N) is 1. The number of aryl methyl sites for hydroxylation is 1. The van der Waals surface area contributed by atoms with Gasteiger partial charge in [0.25, 0.3) is 5.91 Å². The summed E-state index contributed by atoms with van der Waals surface area (Å²) in [5.74, 6) is -1.27. The Balaban J connectivity index is 2.52. The third-order valence-electron chi connectivity index (χ3n) is 3.34. The zero-order valence-corrected chi connectivity index (χ0v) is 16.3. The molecule has 1 N–H and O–H groups in total. The fourth-order valence-corrected chi connectivity index (χ4v) is 2.63. The highest BCUT2D eigenvalue weighted by atomic mass is 79.9. The van der Waals surface area contributed by atoms with Gasteiger partial charge in [-0.1, -0.05) is 28.1 Å². The van der Waals surface area contributed by atoms with Gasteiger partial charge in [-0.05, 0) is 44.0 Å². The van der Waals surface area contributed by atoms with E-state index in [9.17, 15) is 14.4 Å². The average molecular weight is 411 g/mol. The Morgan fingerprint density at radius 1 is 1.28 bits per heavy atom. The average Bonchev–Trinajstić information content (AvgIpc) is 2.57. The van der Waals surface area contributed by atoms with Crippen LogP contribution in [0.4, 0.5) is 0 Å². The lowest BCUT2D eigenvalue weighted by Crippen LogP contribution is -2.42. The van der Waals surface area contributed by atoms with E-state index in [1.807, 2.05) is 25.1 Å². The molecule has 0 aliphatic rings. The van der Waals surface area contributed by atoms with Crippen molar-refractivity contribution in [2.24, 2.45) is 0 Å². The second-order valence-electron chi connectivity index (χ2n) is 5.33. The SMILES string of the molecule is CCNC(=O)CN(CC)C(=O)COC(=O)/C=C/c1ccc(C)cc1Br. The summed E-state index contributed by atoms with van der Waals surface area (Å²) in [6.45, 7) is 5.94. The van der Waals surface area contributed by atoms with Crippen molar-refractivity contribution in [3.8, 4) is 0 Å². The van der Waals surface area contributed by atoms with Crippen molar-refractivity contribution in [2.75, 3.05) is 26.2 Å². The molecule has 0 bridgehead atoms. The number of benzene rings is 1. The number of amides is 2. The summed E-state index contributed by atoms with van der Waals surface area (Å²) in [6, 6.07) is 5.74. The predicted octanol–water partition coefficient (Wildman–Crippen LogP) is 2.30. The standard InChI is InChI=1S/C18H23BrN2O4/c1-4-20-16(22)11-21(5-2)17(23)12-25-18(24)9-8-14-7-6-13(3)10-15(14)19/h6-10H,4-5,11-12H2,1-3H3,(H,20,22)/b9-8+. The van der Waals surface area contributed by atoms with Gasteiger partial charge in [0.2, 0.25) is 5.91 Å². The second-order valence-corrected chi connectivity index (χ2v) is 6.18. The molecule has 0 saturated carbocycles. The van der Waals surface area contributed by atoms with E-state index in [-0.39, 0.29) is 12.5 Å². The largest absolute Gasteiger partial charge is 0.452 e. The monoisotopic (exact) mass is 410 g/mol. The molecule has 0 aliphatic carbocycles. The minimum Gasteiger partial charge on any atom is -0.452 e. The third-order valence-corrected chi connectivity index (χ3v) is 4.02.